The third-order valence-corrected chi connectivity index (χ3v) is 11.6. The Bertz CT molecular complexity index is 934. The first-order valence-corrected chi connectivity index (χ1v) is 12.7. The monoisotopic (exact) mass is 429 g/mol. The molecule has 3 nitrogen and oxygen atoms in total. The number of rotatable bonds is 3. The van der Waals surface area contributed by atoms with Gasteiger partial charge >= 0.3 is 0 Å². The van der Waals surface area contributed by atoms with E-state index in [2.05, 4.69) is 110 Å². The number of fused-ring (bicyclic) bond motifs is 1. The molecule has 0 unspecified atom stereocenters. The van der Waals surface area contributed by atoms with E-state index >= 15 is 0 Å². The maximum Gasteiger partial charge on any atom is 0.163 e. The lowest BCUT2D eigenvalue weighted by Gasteiger charge is -2.38. The lowest BCUT2D eigenvalue weighted by Crippen LogP contribution is -2.45. The van der Waals surface area contributed by atoms with Gasteiger partial charge in [-0.3, -0.25) is 0 Å². The van der Waals surface area contributed by atoms with Gasteiger partial charge in [-0.05, 0) is 44.7 Å². The highest BCUT2D eigenvalue weighted by molar-refractivity contribution is 9.10. The summed E-state index contributed by atoms with van der Waals surface area (Å²) in [4.78, 5) is 6.99. The van der Waals surface area contributed by atoms with Crippen LogP contribution in [-0.4, -0.2) is 31.5 Å². The van der Waals surface area contributed by atoms with Gasteiger partial charge in [0.05, 0.1) is 0 Å². The van der Waals surface area contributed by atoms with Crippen LogP contribution in [0.25, 0.3) is 22.2 Å². The van der Waals surface area contributed by atoms with Crippen LogP contribution in [0.4, 0.5) is 5.69 Å². The average Bonchev–Trinajstić information content (AvgIpc) is 2.91. The number of halogens is 1. The van der Waals surface area contributed by atoms with Crippen molar-refractivity contribution < 1.29 is 0 Å². The molecular weight excluding hydrogens is 402 g/mol. The molecule has 0 aliphatic heterocycles. The highest BCUT2D eigenvalue weighted by Gasteiger charge is 2.38. The highest BCUT2D eigenvalue weighted by Crippen LogP contribution is 2.40. The molecule has 0 aliphatic carbocycles. The Balaban J connectivity index is 2.10. The molecule has 2 heterocycles. The van der Waals surface area contributed by atoms with Crippen LogP contribution >= 0.6 is 15.9 Å². The summed E-state index contributed by atoms with van der Waals surface area (Å²) in [5, 5.41) is 1.44. The van der Waals surface area contributed by atoms with Crippen molar-refractivity contribution in [2.24, 2.45) is 0 Å². The molecule has 5 heteroatoms. The van der Waals surface area contributed by atoms with Gasteiger partial charge in [0.1, 0.15) is 5.65 Å². The summed E-state index contributed by atoms with van der Waals surface area (Å²) in [5.41, 5.74) is 4.62. The van der Waals surface area contributed by atoms with Crippen LogP contribution < -0.4 is 4.90 Å². The van der Waals surface area contributed by atoms with E-state index in [9.17, 15) is 0 Å². The second kappa shape index (κ2) is 6.53. The number of nitrogens with zero attached hydrogens (tertiary/aromatic N) is 3. The second-order valence-electron chi connectivity index (χ2n) is 8.69. The topological polar surface area (TPSA) is 21.1 Å². The second-order valence-corrected chi connectivity index (χ2v) is 14.6. The van der Waals surface area contributed by atoms with Crippen LogP contribution in [0.1, 0.15) is 20.8 Å². The molecule has 3 aromatic rings. The summed E-state index contributed by atoms with van der Waals surface area (Å²) in [7, 11) is 2.39. The predicted octanol–water partition coefficient (Wildman–Crippen LogP) is 6.39. The van der Waals surface area contributed by atoms with E-state index in [1.54, 1.807) is 0 Å². The van der Waals surface area contributed by atoms with Gasteiger partial charge in [0.25, 0.3) is 0 Å². The van der Waals surface area contributed by atoms with Gasteiger partial charge in [-0.25, -0.2) is 4.98 Å². The van der Waals surface area contributed by atoms with Gasteiger partial charge in [0, 0.05) is 47.6 Å². The van der Waals surface area contributed by atoms with Crippen LogP contribution in [0.3, 0.4) is 0 Å². The van der Waals surface area contributed by atoms with Crippen LogP contribution in [0.5, 0.6) is 0 Å². The summed E-state index contributed by atoms with van der Waals surface area (Å²) in [6, 6.07) is 10.9. The van der Waals surface area contributed by atoms with Crippen molar-refractivity contribution in [3.8, 4) is 11.1 Å². The molecule has 0 amide bonds. The van der Waals surface area contributed by atoms with Gasteiger partial charge < -0.3 is 9.13 Å². The molecule has 0 saturated heterocycles. The minimum absolute atomic E-state index is 0.251. The zero-order valence-electron chi connectivity index (χ0n) is 16.8. The SMILES string of the molecule is CN(C)c1ccc(-c2cnc3c(c2)c(Br)cn3[Si](C)(C)C(C)(C)C)cc1. The number of benzene rings is 1. The van der Waals surface area contributed by atoms with E-state index < -0.39 is 8.24 Å². The standard InChI is InChI=1S/C21H28BrN3Si/c1-21(2,3)26(6,7)25-14-19(22)18-12-16(13-23-20(18)25)15-8-10-17(11-9-15)24(4)5/h8-14H,1-7H3. The smallest absolute Gasteiger partial charge is 0.163 e. The minimum atomic E-state index is -1.72. The predicted molar refractivity (Wildman–Crippen MR) is 120 cm³/mol. The number of pyridine rings is 1. The van der Waals surface area contributed by atoms with Crippen LogP contribution in [0.15, 0.2) is 47.2 Å². The largest absolute Gasteiger partial charge is 0.378 e. The molecule has 1 aromatic carbocycles. The minimum Gasteiger partial charge on any atom is -0.378 e. The molecule has 0 aliphatic rings. The number of aromatic nitrogens is 2. The van der Waals surface area contributed by atoms with E-state index in [0.29, 0.717) is 0 Å². The average molecular weight is 430 g/mol. The molecule has 0 radical (unpaired) electrons. The Kier molecular flexibility index (Phi) is 4.82. The van der Waals surface area contributed by atoms with Gasteiger partial charge in [-0.1, -0.05) is 46.0 Å². The summed E-state index contributed by atoms with van der Waals surface area (Å²) in [6.45, 7) is 11.8. The Hall–Kier alpha value is -1.59. The first-order valence-electron chi connectivity index (χ1n) is 8.97. The maximum atomic E-state index is 4.87. The van der Waals surface area contributed by atoms with Crippen molar-refractivity contribution in [1.82, 2.24) is 9.22 Å². The Labute approximate surface area is 166 Å². The summed E-state index contributed by atoms with van der Waals surface area (Å²) >= 11 is 3.77. The van der Waals surface area contributed by atoms with Crippen LogP contribution in [0.2, 0.25) is 18.1 Å². The fourth-order valence-electron chi connectivity index (χ4n) is 2.97. The zero-order chi connectivity index (χ0) is 19.3. The van der Waals surface area contributed by atoms with E-state index in [4.69, 9.17) is 4.98 Å². The molecule has 0 atom stereocenters. The summed E-state index contributed by atoms with van der Waals surface area (Å²) < 4.78 is 3.56. The maximum absolute atomic E-state index is 4.87. The Morgan fingerprint density at radius 1 is 1.04 bits per heavy atom. The highest BCUT2D eigenvalue weighted by atomic mass is 79.9. The summed E-state index contributed by atoms with van der Waals surface area (Å²) in [5.74, 6) is 0. The molecule has 0 spiro atoms. The molecule has 0 saturated carbocycles. The number of hydrogen-bond acceptors (Lipinski definition) is 2. The van der Waals surface area contributed by atoms with Crippen LogP contribution in [-0.2, 0) is 0 Å². The number of anilines is 1. The lowest BCUT2D eigenvalue weighted by atomic mass is 10.1. The molecule has 138 valence electrons. The van der Waals surface area contributed by atoms with Crippen molar-refractivity contribution >= 4 is 40.9 Å². The number of hydrogen-bond donors (Lipinski definition) is 0. The summed E-state index contributed by atoms with van der Waals surface area (Å²) in [6.07, 6.45) is 4.23. The first kappa shape index (κ1) is 19.2. The molecule has 0 N–H and O–H groups in total. The molecule has 26 heavy (non-hydrogen) atoms. The van der Waals surface area contributed by atoms with Gasteiger partial charge in [-0.2, -0.15) is 0 Å². The fraction of sp³-hybridized carbons (Fsp3) is 0.381. The van der Waals surface area contributed by atoms with E-state index in [0.717, 1.165) is 15.7 Å². The van der Waals surface area contributed by atoms with Crippen molar-refractivity contribution in [1.29, 1.82) is 0 Å². The molecular formula is C21H28BrN3Si. The first-order chi connectivity index (χ1) is 12.0. The lowest BCUT2D eigenvalue weighted by molar-refractivity contribution is 0.702. The van der Waals surface area contributed by atoms with Gasteiger partial charge in [0.15, 0.2) is 8.24 Å². The quantitative estimate of drug-likeness (QED) is 0.449. The van der Waals surface area contributed by atoms with Gasteiger partial charge in [0.2, 0.25) is 0 Å². The fourth-order valence-corrected chi connectivity index (χ4v) is 5.53. The Morgan fingerprint density at radius 2 is 1.65 bits per heavy atom. The zero-order valence-corrected chi connectivity index (χ0v) is 19.3. The van der Waals surface area contributed by atoms with Crippen molar-refractivity contribution in [3.05, 3.63) is 47.2 Å². The van der Waals surface area contributed by atoms with E-state index in [-0.39, 0.29) is 5.04 Å². The Morgan fingerprint density at radius 3 is 2.19 bits per heavy atom. The van der Waals surface area contributed by atoms with Gasteiger partial charge in [-0.15, -0.1) is 0 Å². The van der Waals surface area contributed by atoms with Crippen LogP contribution in [0, 0.1) is 0 Å². The van der Waals surface area contributed by atoms with Crippen molar-refractivity contribution in [2.75, 3.05) is 19.0 Å². The third kappa shape index (κ3) is 3.23. The van der Waals surface area contributed by atoms with E-state index in [1.165, 1.54) is 16.6 Å². The third-order valence-electron chi connectivity index (χ3n) is 5.75. The molecule has 2 aromatic heterocycles. The normalized spacial score (nSPS) is 12.6. The molecule has 0 bridgehead atoms. The van der Waals surface area contributed by atoms with Crippen molar-refractivity contribution in [3.63, 3.8) is 0 Å². The van der Waals surface area contributed by atoms with Crippen molar-refractivity contribution in [2.45, 2.75) is 38.9 Å². The molecule has 0 fully saturated rings. The van der Waals surface area contributed by atoms with E-state index in [1.807, 2.05) is 6.20 Å². The molecule has 3 rings (SSSR count).